The number of carbonyl (C=O) groups is 2. The highest BCUT2D eigenvalue weighted by Crippen LogP contribution is 2.15. The van der Waals surface area contributed by atoms with Gasteiger partial charge in [-0.3, -0.25) is 9.59 Å². The minimum atomic E-state index is -0.682. The second-order valence-electron chi connectivity index (χ2n) is 7.91. The van der Waals surface area contributed by atoms with E-state index >= 15 is 0 Å². The standard InChI is InChI=1S/C24H31FN2O2/c1-17(2)15-26-24(29)19(4)27(16-21-7-5-6-8-22(21)25)23(28)14-13-20-11-9-18(3)10-12-20/h5-12,17,19H,13-16H2,1-4H3,(H,26,29)/t19-/m1/s1. The van der Waals surface area contributed by atoms with Crippen molar-refractivity contribution in [3.8, 4) is 0 Å². The Kier molecular flexibility index (Phi) is 8.37. The summed E-state index contributed by atoms with van der Waals surface area (Å²) in [6.45, 7) is 8.33. The maximum atomic E-state index is 14.2. The van der Waals surface area contributed by atoms with E-state index in [-0.39, 0.29) is 30.6 Å². The molecule has 0 spiro atoms. The molecular formula is C24H31FN2O2. The fourth-order valence-corrected chi connectivity index (χ4v) is 2.99. The minimum absolute atomic E-state index is 0.0651. The number of amides is 2. The number of halogens is 1. The van der Waals surface area contributed by atoms with Crippen molar-refractivity contribution in [3.63, 3.8) is 0 Å². The first-order valence-corrected chi connectivity index (χ1v) is 10.1. The Morgan fingerprint density at radius 1 is 1.03 bits per heavy atom. The molecule has 2 aromatic rings. The molecular weight excluding hydrogens is 367 g/mol. The maximum absolute atomic E-state index is 14.2. The molecule has 0 aliphatic carbocycles. The summed E-state index contributed by atoms with van der Waals surface area (Å²) in [5.41, 5.74) is 2.63. The molecule has 0 aliphatic heterocycles. The monoisotopic (exact) mass is 398 g/mol. The molecule has 0 fully saturated rings. The number of aryl methyl sites for hydroxylation is 2. The molecule has 5 heteroatoms. The molecule has 0 bridgehead atoms. The van der Waals surface area contributed by atoms with Crippen LogP contribution in [0, 0.1) is 18.7 Å². The average Bonchev–Trinajstić information content (AvgIpc) is 2.70. The zero-order valence-corrected chi connectivity index (χ0v) is 17.7. The van der Waals surface area contributed by atoms with Crippen LogP contribution in [0.4, 0.5) is 4.39 Å². The maximum Gasteiger partial charge on any atom is 0.242 e. The zero-order chi connectivity index (χ0) is 21.4. The first-order chi connectivity index (χ1) is 13.8. The van der Waals surface area contributed by atoms with E-state index in [1.807, 2.05) is 45.0 Å². The first kappa shape index (κ1) is 22.6. The van der Waals surface area contributed by atoms with Gasteiger partial charge in [0.25, 0.3) is 0 Å². The zero-order valence-electron chi connectivity index (χ0n) is 17.7. The number of carbonyl (C=O) groups excluding carboxylic acids is 2. The molecule has 4 nitrogen and oxygen atoms in total. The summed E-state index contributed by atoms with van der Waals surface area (Å²) in [6.07, 6.45) is 0.840. The van der Waals surface area contributed by atoms with Crippen molar-refractivity contribution in [2.24, 2.45) is 5.92 Å². The Morgan fingerprint density at radius 3 is 2.31 bits per heavy atom. The highest BCUT2D eigenvalue weighted by molar-refractivity contribution is 5.87. The van der Waals surface area contributed by atoms with Crippen molar-refractivity contribution in [2.45, 2.75) is 53.1 Å². The lowest BCUT2D eigenvalue weighted by molar-refractivity contribution is -0.140. The lowest BCUT2D eigenvalue weighted by Crippen LogP contribution is -2.48. The third kappa shape index (κ3) is 7.00. The predicted molar refractivity (Wildman–Crippen MR) is 114 cm³/mol. The van der Waals surface area contributed by atoms with E-state index in [0.717, 1.165) is 11.1 Å². The molecule has 1 atom stereocenters. The smallest absolute Gasteiger partial charge is 0.242 e. The number of nitrogens with zero attached hydrogens (tertiary/aromatic N) is 1. The van der Waals surface area contributed by atoms with Gasteiger partial charge in [0.1, 0.15) is 11.9 Å². The summed E-state index contributed by atoms with van der Waals surface area (Å²) in [5.74, 6) is -0.457. The van der Waals surface area contributed by atoms with Crippen LogP contribution in [0.5, 0.6) is 0 Å². The van der Waals surface area contributed by atoms with Crippen LogP contribution >= 0.6 is 0 Å². The first-order valence-electron chi connectivity index (χ1n) is 10.1. The lowest BCUT2D eigenvalue weighted by Gasteiger charge is -2.29. The van der Waals surface area contributed by atoms with Crippen molar-refractivity contribution < 1.29 is 14.0 Å². The topological polar surface area (TPSA) is 49.4 Å². The number of nitrogens with one attached hydrogen (secondary N) is 1. The van der Waals surface area contributed by atoms with Crippen LogP contribution < -0.4 is 5.32 Å². The van der Waals surface area contributed by atoms with Gasteiger partial charge in [-0.1, -0.05) is 61.9 Å². The molecule has 0 saturated carbocycles. The van der Waals surface area contributed by atoms with E-state index in [4.69, 9.17) is 0 Å². The van der Waals surface area contributed by atoms with Crippen LogP contribution in [0.2, 0.25) is 0 Å². The van der Waals surface area contributed by atoms with Gasteiger partial charge in [-0.05, 0) is 37.8 Å². The normalized spacial score (nSPS) is 11.9. The van der Waals surface area contributed by atoms with Crippen LogP contribution in [0.3, 0.4) is 0 Å². The van der Waals surface area contributed by atoms with Crippen molar-refractivity contribution in [3.05, 3.63) is 71.0 Å². The Labute approximate surface area is 173 Å². The van der Waals surface area contributed by atoms with E-state index in [1.165, 1.54) is 11.0 Å². The summed E-state index contributed by atoms with van der Waals surface area (Å²) in [7, 11) is 0. The van der Waals surface area contributed by atoms with Gasteiger partial charge in [-0.25, -0.2) is 4.39 Å². The second-order valence-corrected chi connectivity index (χ2v) is 7.91. The van der Waals surface area contributed by atoms with E-state index in [0.29, 0.717) is 24.4 Å². The van der Waals surface area contributed by atoms with Crippen molar-refractivity contribution in [1.82, 2.24) is 10.2 Å². The molecule has 156 valence electrons. The van der Waals surface area contributed by atoms with E-state index in [1.54, 1.807) is 25.1 Å². The van der Waals surface area contributed by atoms with Gasteiger partial charge in [0, 0.05) is 25.1 Å². The third-order valence-corrected chi connectivity index (χ3v) is 4.90. The third-order valence-electron chi connectivity index (χ3n) is 4.90. The Hall–Kier alpha value is -2.69. The van der Waals surface area contributed by atoms with Gasteiger partial charge in [0.05, 0.1) is 0 Å². The number of hydrogen-bond acceptors (Lipinski definition) is 2. The summed E-state index contributed by atoms with van der Waals surface area (Å²) in [6, 6.07) is 13.7. The predicted octanol–water partition coefficient (Wildman–Crippen LogP) is 4.26. The van der Waals surface area contributed by atoms with Crippen LogP contribution in [-0.4, -0.2) is 29.3 Å². The van der Waals surface area contributed by atoms with Gasteiger partial charge < -0.3 is 10.2 Å². The number of rotatable bonds is 9. The molecule has 0 heterocycles. The largest absolute Gasteiger partial charge is 0.354 e. The van der Waals surface area contributed by atoms with Gasteiger partial charge in [-0.15, -0.1) is 0 Å². The molecule has 2 amide bonds. The molecule has 0 saturated heterocycles. The molecule has 1 N–H and O–H groups in total. The van der Waals surface area contributed by atoms with Crippen molar-refractivity contribution >= 4 is 11.8 Å². The molecule has 0 radical (unpaired) electrons. The van der Waals surface area contributed by atoms with E-state index in [9.17, 15) is 14.0 Å². The molecule has 0 unspecified atom stereocenters. The average molecular weight is 399 g/mol. The summed E-state index contributed by atoms with van der Waals surface area (Å²) in [5, 5.41) is 2.87. The summed E-state index contributed by atoms with van der Waals surface area (Å²) in [4.78, 5) is 27.1. The highest BCUT2D eigenvalue weighted by atomic mass is 19.1. The summed E-state index contributed by atoms with van der Waals surface area (Å²) < 4.78 is 14.2. The second kappa shape index (κ2) is 10.7. The van der Waals surface area contributed by atoms with Gasteiger partial charge in [0.15, 0.2) is 0 Å². The fraction of sp³-hybridized carbons (Fsp3) is 0.417. The van der Waals surface area contributed by atoms with Crippen LogP contribution in [0.25, 0.3) is 0 Å². The Bertz CT molecular complexity index is 818. The molecule has 2 aromatic carbocycles. The van der Waals surface area contributed by atoms with Crippen LogP contribution in [0.1, 0.15) is 43.9 Å². The Morgan fingerprint density at radius 2 is 1.69 bits per heavy atom. The summed E-state index contributed by atoms with van der Waals surface area (Å²) >= 11 is 0. The Balaban J connectivity index is 2.13. The number of hydrogen-bond donors (Lipinski definition) is 1. The molecule has 0 aliphatic rings. The minimum Gasteiger partial charge on any atom is -0.354 e. The van der Waals surface area contributed by atoms with Gasteiger partial charge in [-0.2, -0.15) is 0 Å². The van der Waals surface area contributed by atoms with Crippen LogP contribution in [0.15, 0.2) is 48.5 Å². The fourth-order valence-electron chi connectivity index (χ4n) is 2.99. The lowest BCUT2D eigenvalue weighted by atomic mass is 10.1. The molecule has 2 rings (SSSR count). The van der Waals surface area contributed by atoms with Crippen molar-refractivity contribution in [2.75, 3.05) is 6.54 Å². The van der Waals surface area contributed by atoms with Gasteiger partial charge in [0.2, 0.25) is 11.8 Å². The van der Waals surface area contributed by atoms with Crippen LogP contribution in [-0.2, 0) is 22.6 Å². The number of benzene rings is 2. The SMILES string of the molecule is Cc1ccc(CCC(=O)N(Cc2ccccc2F)[C@H](C)C(=O)NCC(C)C)cc1. The van der Waals surface area contributed by atoms with Crippen molar-refractivity contribution in [1.29, 1.82) is 0 Å². The quantitative estimate of drug-likeness (QED) is 0.686. The van der Waals surface area contributed by atoms with Gasteiger partial charge >= 0.3 is 0 Å². The van der Waals surface area contributed by atoms with E-state index < -0.39 is 6.04 Å². The van der Waals surface area contributed by atoms with E-state index in [2.05, 4.69) is 5.32 Å². The molecule has 0 aromatic heterocycles. The molecule has 29 heavy (non-hydrogen) atoms. The highest BCUT2D eigenvalue weighted by Gasteiger charge is 2.26.